The van der Waals surface area contributed by atoms with E-state index < -0.39 is 60.4 Å². The van der Waals surface area contributed by atoms with Crippen LogP contribution in [0.2, 0.25) is 0 Å². The van der Waals surface area contributed by atoms with Gasteiger partial charge in [0.05, 0.1) is 15.1 Å². The van der Waals surface area contributed by atoms with Crippen molar-refractivity contribution >= 4 is 54.3 Å². The number of para-hydroxylation sites is 2. The first-order valence-electron chi connectivity index (χ1n) is 19.4. The normalized spacial score (nSPS) is 15.3. The molecule has 0 saturated carbocycles. The second kappa shape index (κ2) is 9.44. The third-order valence-corrected chi connectivity index (χ3v) is 8.06. The first-order chi connectivity index (χ1) is 25.9. The third kappa shape index (κ3) is 3.72. The summed E-state index contributed by atoms with van der Waals surface area (Å²) in [6, 6.07) is 22.8. The second-order valence-corrected chi connectivity index (χ2v) is 10.4. The van der Waals surface area contributed by atoms with Gasteiger partial charge in [-0.25, -0.2) is 0 Å². The van der Waals surface area contributed by atoms with Crippen LogP contribution in [0.5, 0.6) is 0 Å². The summed E-state index contributed by atoms with van der Waals surface area (Å²) in [4.78, 5) is 0. The van der Waals surface area contributed by atoms with E-state index in [1.54, 1.807) is 30.3 Å². The molecule has 0 atom stereocenters. The van der Waals surface area contributed by atoms with E-state index in [1.807, 2.05) is 60.7 Å². The Bertz CT molecular complexity index is 3030. The minimum Gasteiger partial charge on any atom is -0.455 e. The van der Waals surface area contributed by atoms with Crippen molar-refractivity contribution in [2.24, 2.45) is 0 Å². The largest absolute Gasteiger partial charge is 0.455 e. The molecule has 9 aromatic rings. The molecule has 0 bridgehead atoms. The van der Waals surface area contributed by atoms with Crippen LogP contribution in [-0.2, 0) is 0 Å². The Labute approximate surface area is 264 Å². The average Bonchev–Trinajstić information content (AvgIpc) is 3.58. The fourth-order valence-corrected chi connectivity index (χ4v) is 6.11. The Morgan fingerprint density at radius 2 is 1.00 bits per heavy atom. The molecule has 9 rings (SSSR count). The number of hydrogen-bond acceptors (Lipinski definition) is 1. The molecule has 0 aliphatic rings. The zero-order valence-electron chi connectivity index (χ0n) is 33.6. The zero-order chi connectivity index (χ0) is 37.9. The van der Waals surface area contributed by atoms with E-state index in [4.69, 9.17) is 12.6 Å². The van der Waals surface area contributed by atoms with Crippen LogP contribution in [-0.4, -0.2) is 0 Å². The van der Waals surface area contributed by atoms with Crippen molar-refractivity contribution in [3.05, 3.63) is 157 Å². The first-order valence-corrected chi connectivity index (χ1v) is 13.9. The summed E-state index contributed by atoms with van der Waals surface area (Å²) in [5, 5.41) is 2.16. The molecule has 1 heterocycles. The van der Waals surface area contributed by atoms with Crippen LogP contribution in [0.1, 0.15) is 15.1 Å². The summed E-state index contributed by atoms with van der Waals surface area (Å²) < 4.78 is 106. The van der Waals surface area contributed by atoms with Gasteiger partial charge in [-0.15, -0.1) is 0 Å². The Kier molecular flexibility index (Phi) is 3.41. The molecule has 0 amide bonds. The predicted octanol–water partition coefficient (Wildman–Crippen LogP) is 12.0. The van der Waals surface area contributed by atoms with Crippen LogP contribution < -0.4 is 0 Å². The van der Waals surface area contributed by atoms with Crippen molar-refractivity contribution in [1.29, 1.82) is 0 Å². The molecule has 1 nitrogen and oxygen atoms in total. The third-order valence-electron chi connectivity index (χ3n) is 8.06. The minimum absolute atomic E-state index is 0.00250. The quantitative estimate of drug-likeness (QED) is 0.197. The SMILES string of the molecule is [2H]c1c([2H])c([2H])c2c(oc3ccccc32)c1-c1c2c([2H])c([2H])c([2H])c([2H])c2c(-c2ccc3cc(-c4ccccc4)ccc3c2)c2c([2H])c([2H])c([2H])c([2H])c12. The molecule has 43 heavy (non-hydrogen) atoms. The van der Waals surface area contributed by atoms with Crippen molar-refractivity contribution in [2.75, 3.05) is 0 Å². The standard InChI is InChI=1S/C42H26O/c1-2-11-27(12-3-1)28-21-22-30-26-31(24-23-29(30)25-28)40-33-14-4-6-16-35(33)41(36-17-7-5-15-34(36)40)38-19-10-18-37-32-13-8-9-20-39(32)43-42(37)38/h1-26H/i4D,5D,6D,7D,10D,14D,15D,16D,17D,18D,19D. The van der Waals surface area contributed by atoms with Crippen molar-refractivity contribution < 1.29 is 19.5 Å². The maximum Gasteiger partial charge on any atom is 0.143 e. The van der Waals surface area contributed by atoms with Crippen molar-refractivity contribution in [3.63, 3.8) is 0 Å². The van der Waals surface area contributed by atoms with Gasteiger partial charge in [-0.1, -0.05) is 139 Å². The lowest BCUT2D eigenvalue weighted by molar-refractivity contribution is 0.670. The highest BCUT2D eigenvalue weighted by Gasteiger charge is 2.20. The molecule has 0 aliphatic heterocycles. The summed E-state index contributed by atoms with van der Waals surface area (Å²) in [5.41, 5.74) is 2.80. The van der Waals surface area contributed by atoms with E-state index in [0.29, 0.717) is 16.5 Å². The summed E-state index contributed by atoms with van der Waals surface area (Å²) >= 11 is 0. The lowest BCUT2D eigenvalue weighted by atomic mass is 9.85. The topological polar surface area (TPSA) is 13.1 Å². The van der Waals surface area contributed by atoms with Crippen LogP contribution in [0, 0.1) is 0 Å². The average molecular weight is 558 g/mol. The summed E-state index contributed by atoms with van der Waals surface area (Å²) in [7, 11) is 0. The highest BCUT2D eigenvalue weighted by atomic mass is 16.3. The number of benzene rings is 8. The molecule has 0 saturated heterocycles. The summed E-state index contributed by atoms with van der Waals surface area (Å²) in [6.07, 6.45) is 0. The van der Waals surface area contributed by atoms with Gasteiger partial charge in [0, 0.05) is 21.9 Å². The van der Waals surface area contributed by atoms with Gasteiger partial charge in [0.2, 0.25) is 0 Å². The van der Waals surface area contributed by atoms with Gasteiger partial charge in [0.25, 0.3) is 0 Å². The molecule has 0 radical (unpaired) electrons. The number of rotatable bonds is 3. The maximum atomic E-state index is 9.33. The van der Waals surface area contributed by atoms with E-state index >= 15 is 0 Å². The summed E-state index contributed by atoms with van der Waals surface area (Å²) in [6.45, 7) is 0. The van der Waals surface area contributed by atoms with Crippen molar-refractivity contribution in [1.82, 2.24) is 0 Å². The fraction of sp³-hybridized carbons (Fsp3) is 0. The molecule has 0 fully saturated rings. The molecule has 8 aromatic carbocycles. The molecule has 0 spiro atoms. The van der Waals surface area contributed by atoms with E-state index in [9.17, 15) is 6.85 Å². The van der Waals surface area contributed by atoms with E-state index in [0.717, 1.165) is 21.9 Å². The summed E-state index contributed by atoms with van der Waals surface area (Å²) in [5.74, 6) is 0. The van der Waals surface area contributed by atoms with Gasteiger partial charge >= 0.3 is 0 Å². The Balaban J connectivity index is 1.51. The Morgan fingerprint density at radius 1 is 0.419 bits per heavy atom. The predicted molar refractivity (Wildman–Crippen MR) is 183 cm³/mol. The van der Waals surface area contributed by atoms with Crippen LogP contribution in [0.3, 0.4) is 0 Å². The molecule has 0 N–H and O–H groups in total. The molecule has 0 aliphatic carbocycles. The Hall–Kier alpha value is -5.66. The van der Waals surface area contributed by atoms with Gasteiger partial charge in [0.1, 0.15) is 11.2 Å². The van der Waals surface area contributed by atoms with Crippen molar-refractivity contribution in [2.45, 2.75) is 0 Å². The van der Waals surface area contributed by atoms with Crippen LogP contribution >= 0.6 is 0 Å². The van der Waals surface area contributed by atoms with Crippen molar-refractivity contribution in [3.8, 4) is 33.4 Å². The smallest absolute Gasteiger partial charge is 0.143 e. The second-order valence-electron chi connectivity index (χ2n) is 10.4. The lowest BCUT2D eigenvalue weighted by Crippen LogP contribution is -1.91. The van der Waals surface area contributed by atoms with E-state index in [1.165, 1.54) is 0 Å². The molecular weight excluding hydrogens is 520 g/mol. The van der Waals surface area contributed by atoms with Crippen LogP contribution in [0.15, 0.2) is 162 Å². The highest BCUT2D eigenvalue weighted by Crippen LogP contribution is 2.46. The maximum absolute atomic E-state index is 9.33. The van der Waals surface area contributed by atoms with Gasteiger partial charge in [-0.2, -0.15) is 0 Å². The molecule has 200 valence electrons. The monoisotopic (exact) mass is 557 g/mol. The first kappa shape index (κ1) is 15.5. The minimum atomic E-state index is -0.581. The van der Waals surface area contributed by atoms with Crippen LogP contribution in [0.4, 0.5) is 0 Å². The molecule has 1 aromatic heterocycles. The molecule has 1 heteroatoms. The van der Waals surface area contributed by atoms with Gasteiger partial charge in [-0.3, -0.25) is 0 Å². The fourth-order valence-electron chi connectivity index (χ4n) is 6.11. The van der Waals surface area contributed by atoms with Crippen LogP contribution in [0.25, 0.3) is 87.6 Å². The number of hydrogen-bond donors (Lipinski definition) is 0. The zero-order valence-corrected chi connectivity index (χ0v) is 22.6. The van der Waals surface area contributed by atoms with Gasteiger partial charge in [-0.05, 0) is 72.8 Å². The number of furan rings is 1. The molecular formula is C42H26O. The van der Waals surface area contributed by atoms with E-state index in [-0.39, 0.29) is 55.2 Å². The van der Waals surface area contributed by atoms with Gasteiger partial charge in [0.15, 0.2) is 0 Å². The highest BCUT2D eigenvalue weighted by molar-refractivity contribution is 6.24. The lowest BCUT2D eigenvalue weighted by Gasteiger charge is -2.18. The Morgan fingerprint density at radius 3 is 1.72 bits per heavy atom. The molecule has 0 unspecified atom stereocenters. The number of fused-ring (bicyclic) bond motifs is 6. The van der Waals surface area contributed by atoms with Gasteiger partial charge < -0.3 is 4.42 Å². The van der Waals surface area contributed by atoms with E-state index in [2.05, 4.69) is 0 Å².